The Balaban J connectivity index is 1.66. The molecule has 4 nitrogen and oxygen atoms in total. The number of esters is 1. The molecule has 0 bridgehead atoms. The Labute approximate surface area is 158 Å². The first-order chi connectivity index (χ1) is 12.6. The molecule has 0 unspecified atom stereocenters. The summed E-state index contributed by atoms with van der Waals surface area (Å²) in [4.78, 5) is 27.7. The average molecular weight is 369 g/mol. The second-order valence-corrected chi connectivity index (χ2v) is 7.84. The van der Waals surface area contributed by atoms with Gasteiger partial charge in [-0.2, -0.15) is 0 Å². The standard InChI is InChI=1S/C21H23NO3S/c1-3-16-8-10-17(11-9-16)21(24)25-14-20(23)22-13-12-15(2)26-19-7-5-4-6-18(19)22/h4-11,15H,3,12-14H2,1-2H3/t15-/m1/s1. The van der Waals surface area contributed by atoms with E-state index >= 15 is 0 Å². The summed E-state index contributed by atoms with van der Waals surface area (Å²) in [7, 11) is 0. The van der Waals surface area contributed by atoms with Gasteiger partial charge in [0.1, 0.15) is 0 Å². The van der Waals surface area contributed by atoms with E-state index in [1.54, 1.807) is 28.8 Å². The lowest BCUT2D eigenvalue weighted by Crippen LogP contribution is -2.35. The molecule has 1 aliphatic heterocycles. The predicted molar refractivity (Wildman–Crippen MR) is 105 cm³/mol. The SMILES string of the molecule is CCc1ccc(C(=O)OCC(=O)N2CC[C@@H](C)Sc3ccccc32)cc1. The highest BCUT2D eigenvalue weighted by atomic mass is 32.2. The monoisotopic (exact) mass is 369 g/mol. The quantitative estimate of drug-likeness (QED) is 0.753. The van der Waals surface area contributed by atoms with Gasteiger partial charge in [-0.05, 0) is 42.7 Å². The van der Waals surface area contributed by atoms with Crippen molar-refractivity contribution in [1.29, 1.82) is 0 Å². The first-order valence-electron chi connectivity index (χ1n) is 8.90. The van der Waals surface area contributed by atoms with Crippen LogP contribution in [0.3, 0.4) is 0 Å². The molecule has 0 aromatic heterocycles. The number of nitrogens with zero attached hydrogens (tertiary/aromatic N) is 1. The smallest absolute Gasteiger partial charge is 0.338 e. The van der Waals surface area contributed by atoms with E-state index in [-0.39, 0.29) is 12.5 Å². The molecular weight excluding hydrogens is 346 g/mol. The van der Waals surface area contributed by atoms with Crippen LogP contribution in [0.15, 0.2) is 53.4 Å². The Kier molecular flexibility index (Phi) is 5.99. The molecule has 0 fully saturated rings. The van der Waals surface area contributed by atoms with E-state index in [1.165, 1.54) is 0 Å². The molecule has 0 spiro atoms. The molecule has 5 heteroatoms. The summed E-state index contributed by atoms with van der Waals surface area (Å²) in [5.74, 6) is -0.655. The van der Waals surface area contributed by atoms with Gasteiger partial charge in [-0.15, -0.1) is 11.8 Å². The van der Waals surface area contributed by atoms with E-state index < -0.39 is 5.97 Å². The van der Waals surface area contributed by atoms with E-state index in [0.29, 0.717) is 17.4 Å². The zero-order valence-corrected chi connectivity index (χ0v) is 15.9. The predicted octanol–water partition coefficient (Wildman–Crippen LogP) is 4.32. The summed E-state index contributed by atoms with van der Waals surface area (Å²) in [6.07, 6.45) is 1.82. The van der Waals surface area contributed by atoms with Crippen LogP contribution in [0.2, 0.25) is 0 Å². The van der Waals surface area contributed by atoms with E-state index in [0.717, 1.165) is 29.0 Å². The van der Waals surface area contributed by atoms with Crippen LogP contribution >= 0.6 is 11.8 Å². The molecule has 136 valence electrons. The molecule has 2 aromatic carbocycles. The third kappa shape index (κ3) is 4.28. The van der Waals surface area contributed by atoms with Crippen molar-refractivity contribution in [2.75, 3.05) is 18.1 Å². The molecule has 1 atom stereocenters. The Hall–Kier alpha value is -2.27. The van der Waals surface area contributed by atoms with Crippen LogP contribution in [-0.4, -0.2) is 30.3 Å². The lowest BCUT2D eigenvalue weighted by molar-refractivity contribution is -0.121. The van der Waals surface area contributed by atoms with Crippen molar-refractivity contribution in [3.05, 3.63) is 59.7 Å². The number of rotatable bonds is 4. The summed E-state index contributed by atoms with van der Waals surface area (Å²) in [6.45, 7) is 4.61. The number of fused-ring (bicyclic) bond motifs is 1. The molecule has 26 heavy (non-hydrogen) atoms. The summed E-state index contributed by atoms with van der Waals surface area (Å²) in [5.41, 5.74) is 2.52. The molecule has 0 N–H and O–H groups in total. The van der Waals surface area contributed by atoms with Crippen molar-refractivity contribution in [2.24, 2.45) is 0 Å². The Morgan fingerprint density at radius 1 is 1.15 bits per heavy atom. The topological polar surface area (TPSA) is 46.6 Å². The number of aryl methyl sites for hydroxylation is 1. The number of benzene rings is 2. The lowest BCUT2D eigenvalue weighted by Gasteiger charge is -2.22. The van der Waals surface area contributed by atoms with E-state index in [1.807, 2.05) is 36.4 Å². The van der Waals surface area contributed by atoms with Gasteiger partial charge in [0.15, 0.2) is 6.61 Å². The first kappa shape index (κ1) is 18.5. The lowest BCUT2D eigenvalue weighted by atomic mass is 10.1. The molecular formula is C21H23NO3S. The van der Waals surface area contributed by atoms with Gasteiger partial charge >= 0.3 is 5.97 Å². The van der Waals surface area contributed by atoms with Gasteiger partial charge in [0.2, 0.25) is 0 Å². The van der Waals surface area contributed by atoms with Gasteiger partial charge in [0, 0.05) is 16.7 Å². The molecule has 0 aliphatic carbocycles. The number of anilines is 1. The van der Waals surface area contributed by atoms with Crippen molar-refractivity contribution in [2.45, 2.75) is 36.8 Å². The molecule has 0 saturated carbocycles. The van der Waals surface area contributed by atoms with Crippen LogP contribution in [0.4, 0.5) is 5.69 Å². The Bertz CT molecular complexity index is 788. The molecule has 1 aliphatic rings. The van der Waals surface area contributed by atoms with Crippen LogP contribution in [0, 0.1) is 0 Å². The number of carbonyl (C=O) groups is 2. The number of carbonyl (C=O) groups excluding carboxylic acids is 2. The van der Waals surface area contributed by atoms with Crippen molar-refractivity contribution in [3.63, 3.8) is 0 Å². The van der Waals surface area contributed by atoms with Gasteiger partial charge in [-0.3, -0.25) is 4.79 Å². The largest absolute Gasteiger partial charge is 0.452 e. The zero-order chi connectivity index (χ0) is 18.5. The Morgan fingerprint density at radius 2 is 1.88 bits per heavy atom. The Morgan fingerprint density at radius 3 is 2.62 bits per heavy atom. The highest BCUT2D eigenvalue weighted by Gasteiger charge is 2.24. The van der Waals surface area contributed by atoms with Crippen LogP contribution in [0.1, 0.15) is 36.2 Å². The third-order valence-corrected chi connectivity index (χ3v) is 5.71. The minimum atomic E-state index is -0.466. The number of amides is 1. The number of thioether (sulfide) groups is 1. The van der Waals surface area contributed by atoms with Crippen LogP contribution < -0.4 is 4.90 Å². The maximum atomic E-state index is 12.7. The third-order valence-electron chi connectivity index (χ3n) is 4.47. The molecule has 1 amide bonds. The molecule has 0 saturated heterocycles. The minimum Gasteiger partial charge on any atom is -0.452 e. The summed E-state index contributed by atoms with van der Waals surface area (Å²) < 4.78 is 5.26. The number of para-hydroxylation sites is 1. The summed E-state index contributed by atoms with van der Waals surface area (Å²) in [6, 6.07) is 15.2. The second-order valence-electron chi connectivity index (χ2n) is 6.36. The van der Waals surface area contributed by atoms with Crippen molar-refractivity contribution < 1.29 is 14.3 Å². The van der Waals surface area contributed by atoms with Crippen molar-refractivity contribution in [3.8, 4) is 0 Å². The highest BCUT2D eigenvalue weighted by molar-refractivity contribution is 8.00. The first-order valence-corrected chi connectivity index (χ1v) is 9.78. The molecule has 0 radical (unpaired) electrons. The zero-order valence-electron chi connectivity index (χ0n) is 15.1. The average Bonchev–Trinajstić information content (AvgIpc) is 2.84. The highest BCUT2D eigenvalue weighted by Crippen LogP contribution is 2.37. The van der Waals surface area contributed by atoms with Crippen LogP contribution in [-0.2, 0) is 16.0 Å². The maximum absolute atomic E-state index is 12.7. The molecule has 2 aromatic rings. The fourth-order valence-electron chi connectivity index (χ4n) is 2.91. The van der Waals surface area contributed by atoms with Crippen LogP contribution in [0.5, 0.6) is 0 Å². The number of hydrogen-bond acceptors (Lipinski definition) is 4. The van der Waals surface area contributed by atoms with Gasteiger partial charge in [-0.1, -0.05) is 38.1 Å². The summed E-state index contributed by atoms with van der Waals surface area (Å²) in [5, 5.41) is 0.439. The molecule has 3 rings (SSSR count). The van der Waals surface area contributed by atoms with E-state index in [9.17, 15) is 9.59 Å². The van der Waals surface area contributed by atoms with Gasteiger partial charge in [-0.25, -0.2) is 4.79 Å². The maximum Gasteiger partial charge on any atom is 0.338 e. The van der Waals surface area contributed by atoms with E-state index in [2.05, 4.69) is 13.8 Å². The fraction of sp³-hybridized carbons (Fsp3) is 0.333. The number of hydrogen-bond donors (Lipinski definition) is 0. The molecule has 1 heterocycles. The van der Waals surface area contributed by atoms with Gasteiger partial charge in [0.25, 0.3) is 5.91 Å². The van der Waals surface area contributed by atoms with Gasteiger partial charge < -0.3 is 9.64 Å². The second kappa shape index (κ2) is 8.41. The van der Waals surface area contributed by atoms with E-state index in [4.69, 9.17) is 4.74 Å². The van der Waals surface area contributed by atoms with Crippen LogP contribution in [0.25, 0.3) is 0 Å². The van der Waals surface area contributed by atoms with Gasteiger partial charge in [0.05, 0.1) is 11.3 Å². The number of ether oxygens (including phenoxy) is 1. The fourth-order valence-corrected chi connectivity index (χ4v) is 4.02. The van der Waals surface area contributed by atoms with Crippen molar-refractivity contribution in [1.82, 2.24) is 0 Å². The summed E-state index contributed by atoms with van der Waals surface area (Å²) >= 11 is 1.78. The minimum absolute atomic E-state index is 0.189. The normalized spacial score (nSPS) is 16.5. The van der Waals surface area contributed by atoms with Crippen molar-refractivity contribution >= 4 is 29.3 Å².